The van der Waals surface area contributed by atoms with E-state index in [0.29, 0.717) is 43.0 Å². The summed E-state index contributed by atoms with van der Waals surface area (Å²) in [6, 6.07) is 6.12. The van der Waals surface area contributed by atoms with E-state index in [9.17, 15) is 14.3 Å². The number of nitrogens with one attached hydrogen (secondary N) is 1. The Hall–Kier alpha value is -2.45. The molecule has 2 heterocycles. The van der Waals surface area contributed by atoms with Gasteiger partial charge in [0.25, 0.3) is 5.91 Å². The van der Waals surface area contributed by atoms with E-state index in [1.165, 1.54) is 30.3 Å². The Morgan fingerprint density at radius 2 is 2.31 bits per heavy atom. The Labute approximate surface area is 150 Å². The van der Waals surface area contributed by atoms with Gasteiger partial charge < -0.3 is 24.6 Å². The topological polar surface area (TPSA) is 87.8 Å². The highest BCUT2D eigenvalue weighted by molar-refractivity contribution is 5.86. The maximum Gasteiger partial charge on any atom is 0.256 e. The van der Waals surface area contributed by atoms with Crippen molar-refractivity contribution in [3.8, 4) is 5.75 Å². The van der Waals surface area contributed by atoms with Crippen LogP contribution in [-0.2, 0) is 17.9 Å². The normalized spacial score (nSPS) is 20.4. The minimum atomic E-state index is -1.52. The molecular formula is C18H22FN3O4. The largest absolute Gasteiger partial charge is 0.497 e. The van der Waals surface area contributed by atoms with Gasteiger partial charge >= 0.3 is 0 Å². The summed E-state index contributed by atoms with van der Waals surface area (Å²) < 4.78 is 24.1. The second-order valence-corrected chi connectivity index (χ2v) is 6.40. The highest BCUT2D eigenvalue weighted by atomic mass is 19.1. The van der Waals surface area contributed by atoms with Crippen LogP contribution in [0.3, 0.4) is 0 Å². The van der Waals surface area contributed by atoms with Gasteiger partial charge in [-0.3, -0.25) is 4.79 Å². The number of aromatic nitrogens is 1. The Kier molecular flexibility index (Phi) is 5.53. The van der Waals surface area contributed by atoms with E-state index in [-0.39, 0.29) is 13.1 Å². The first-order chi connectivity index (χ1) is 12.5. The van der Waals surface area contributed by atoms with Gasteiger partial charge in [-0.05, 0) is 31.0 Å². The van der Waals surface area contributed by atoms with Gasteiger partial charge in [0.2, 0.25) is 0 Å². The van der Waals surface area contributed by atoms with Crippen LogP contribution in [0.4, 0.5) is 4.39 Å². The first-order valence-electron chi connectivity index (χ1n) is 8.46. The summed E-state index contributed by atoms with van der Waals surface area (Å²) in [7, 11) is 1.50. The molecule has 1 saturated heterocycles. The molecular weight excluding hydrogens is 341 g/mol. The van der Waals surface area contributed by atoms with Gasteiger partial charge in [-0.2, -0.15) is 0 Å². The maximum atomic E-state index is 14.1. The summed E-state index contributed by atoms with van der Waals surface area (Å²) >= 11 is 0. The zero-order valence-corrected chi connectivity index (χ0v) is 14.6. The number of halogens is 1. The molecule has 1 fully saturated rings. The van der Waals surface area contributed by atoms with E-state index in [1.807, 2.05) is 0 Å². The lowest BCUT2D eigenvalue weighted by Gasteiger charge is -2.38. The molecule has 1 aliphatic heterocycles. The summed E-state index contributed by atoms with van der Waals surface area (Å²) in [4.78, 5) is 14.2. The lowest BCUT2D eigenvalue weighted by Crippen LogP contribution is -2.57. The van der Waals surface area contributed by atoms with Crippen molar-refractivity contribution in [1.29, 1.82) is 0 Å². The van der Waals surface area contributed by atoms with Gasteiger partial charge in [-0.25, -0.2) is 4.39 Å². The second-order valence-electron chi connectivity index (χ2n) is 6.40. The molecule has 1 amide bonds. The summed E-state index contributed by atoms with van der Waals surface area (Å²) in [5.74, 6) is 0.328. The van der Waals surface area contributed by atoms with Crippen LogP contribution >= 0.6 is 0 Å². The van der Waals surface area contributed by atoms with Crippen LogP contribution in [0.5, 0.6) is 5.75 Å². The Bertz CT molecular complexity index is 753. The highest BCUT2D eigenvalue weighted by Gasteiger charge is 2.42. The number of likely N-dealkylation sites (tertiary alicyclic amines) is 1. The number of amides is 1. The number of benzene rings is 1. The molecule has 8 heteroatoms. The molecule has 0 aliphatic carbocycles. The van der Waals surface area contributed by atoms with E-state index >= 15 is 0 Å². The Morgan fingerprint density at radius 3 is 3.04 bits per heavy atom. The number of piperidine rings is 1. The third-order valence-electron chi connectivity index (χ3n) is 4.53. The molecule has 26 heavy (non-hydrogen) atoms. The number of ether oxygens (including phenoxy) is 1. The number of aliphatic hydroxyl groups is 1. The van der Waals surface area contributed by atoms with Crippen molar-refractivity contribution in [2.24, 2.45) is 0 Å². The molecule has 2 N–H and O–H groups in total. The standard InChI is InChI=1S/C18H22FN3O4/c1-25-14-3-4-16(19)13(9-14)11-22-8-2-6-18(24,17(22)23)12-20-10-15-5-7-21-26-15/h3-5,7,9,20,24H,2,6,8,10-12H2,1H3. The predicted molar refractivity (Wildman–Crippen MR) is 90.8 cm³/mol. The molecule has 0 bridgehead atoms. The fourth-order valence-electron chi connectivity index (χ4n) is 3.11. The highest BCUT2D eigenvalue weighted by Crippen LogP contribution is 2.25. The monoisotopic (exact) mass is 363 g/mol. The predicted octanol–water partition coefficient (Wildman–Crippen LogP) is 1.47. The molecule has 1 aromatic carbocycles. The van der Waals surface area contributed by atoms with Crippen molar-refractivity contribution in [2.75, 3.05) is 20.2 Å². The molecule has 0 radical (unpaired) electrons. The minimum absolute atomic E-state index is 0.0869. The number of hydrogen-bond acceptors (Lipinski definition) is 6. The minimum Gasteiger partial charge on any atom is -0.497 e. The third-order valence-corrected chi connectivity index (χ3v) is 4.53. The lowest BCUT2D eigenvalue weighted by molar-refractivity contribution is -0.157. The van der Waals surface area contributed by atoms with Crippen molar-refractivity contribution >= 4 is 5.91 Å². The van der Waals surface area contributed by atoms with Crippen LogP contribution in [-0.4, -0.2) is 46.9 Å². The summed E-state index contributed by atoms with van der Waals surface area (Å²) in [6.45, 7) is 1.01. The van der Waals surface area contributed by atoms with Crippen molar-refractivity contribution in [3.05, 3.63) is 47.6 Å². The Balaban J connectivity index is 1.65. The number of carbonyl (C=O) groups is 1. The van der Waals surface area contributed by atoms with Crippen molar-refractivity contribution in [3.63, 3.8) is 0 Å². The molecule has 1 unspecified atom stereocenters. The smallest absolute Gasteiger partial charge is 0.256 e. The number of hydrogen-bond donors (Lipinski definition) is 2. The van der Waals surface area contributed by atoms with Gasteiger partial charge in [0.1, 0.15) is 17.3 Å². The molecule has 0 saturated carbocycles. The van der Waals surface area contributed by atoms with Crippen LogP contribution in [0.15, 0.2) is 35.0 Å². The van der Waals surface area contributed by atoms with Gasteiger partial charge in [0.15, 0.2) is 5.60 Å². The molecule has 3 rings (SSSR count). The first-order valence-corrected chi connectivity index (χ1v) is 8.46. The molecule has 1 aromatic heterocycles. The summed E-state index contributed by atoms with van der Waals surface area (Å²) in [5, 5.41) is 17.4. The van der Waals surface area contributed by atoms with Crippen molar-refractivity contribution in [1.82, 2.24) is 15.4 Å². The zero-order valence-electron chi connectivity index (χ0n) is 14.6. The average Bonchev–Trinajstić information content (AvgIpc) is 3.14. The zero-order chi connectivity index (χ0) is 18.6. The fraction of sp³-hybridized carbons (Fsp3) is 0.444. The lowest BCUT2D eigenvalue weighted by atomic mass is 9.91. The molecule has 2 aromatic rings. The summed E-state index contributed by atoms with van der Waals surface area (Å²) in [5.41, 5.74) is -1.16. The summed E-state index contributed by atoms with van der Waals surface area (Å²) in [6.07, 6.45) is 2.52. The SMILES string of the molecule is COc1ccc(F)c(CN2CCCC(O)(CNCc3ccno3)C2=O)c1. The second kappa shape index (κ2) is 7.84. The number of methoxy groups -OCH3 is 1. The van der Waals surface area contributed by atoms with Crippen LogP contribution in [0.25, 0.3) is 0 Å². The van der Waals surface area contributed by atoms with Gasteiger partial charge in [0, 0.05) is 31.3 Å². The van der Waals surface area contributed by atoms with E-state index in [4.69, 9.17) is 9.26 Å². The molecule has 1 aliphatic rings. The molecule has 0 spiro atoms. The van der Waals surface area contributed by atoms with Gasteiger partial charge in [-0.15, -0.1) is 0 Å². The maximum absolute atomic E-state index is 14.1. The molecule has 7 nitrogen and oxygen atoms in total. The fourth-order valence-corrected chi connectivity index (χ4v) is 3.11. The van der Waals surface area contributed by atoms with E-state index < -0.39 is 17.3 Å². The molecule has 140 valence electrons. The van der Waals surface area contributed by atoms with Gasteiger partial charge in [-0.1, -0.05) is 5.16 Å². The van der Waals surface area contributed by atoms with Crippen LogP contribution in [0.2, 0.25) is 0 Å². The number of nitrogens with zero attached hydrogens (tertiary/aromatic N) is 2. The molecule has 1 atom stereocenters. The first kappa shape index (κ1) is 18.3. The van der Waals surface area contributed by atoms with E-state index in [1.54, 1.807) is 12.1 Å². The number of rotatable bonds is 7. The van der Waals surface area contributed by atoms with E-state index in [0.717, 1.165) is 0 Å². The van der Waals surface area contributed by atoms with Gasteiger partial charge in [0.05, 0.1) is 19.9 Å². The van der Waals surface area contributed by atoms with Crippen LogP contribution in [0, 0.1) is 5.82 Å². The van der Waals surface area contributed by atoms with E-state index in [2.05, 4.69) is 10.5 Å². The van der Waals surface area contributed by atoms with Crippen molar-refractivity contribution in [2.45, 2.75) is 31.5 Å². The van der Waals surface area contributed by atoms with Crippen LogP contribution in [0.1, 0.15) is 24.2 Å². The Morgan fingerprint density at radius 1 is 1.46 bits per heavy atom. The van der Waals surface area contributed by atoms with Crippen LogP contribution < -0.4 is 10.1 Å². The third kappa shape index (κ3) is 4.03. The quantitative estimate of drug-likeness (QED) is 0.775. The average molecular weight is 363 g/mol. The van der Waals surface area contributed by atoms with Crippen molar-refractivity contribution < 1.29 is 23.6 Å². The number of carbonyl (C=O) groups excluding carboxylic acids is 1.